The second-order valence-corrected chi connectivity index (χ2v) is 14.0. The molecule has 0 aromatic heterocycles. The van der Waals surface area contributed by atoms with Crippen molar-refractivity contribution in [2.75, 3.05) is 17.4 Å². The number of amides is 2. The van der Waals surface area contributed by atoms with Crippen LogP contribution in [-0.2, 0) is 32.6 Å². The lowest BCUT2D eigenvalue weighted by Gasteiger charge is -2.34. The van der Waals surface area contributed by atoms with Gasteiger partial charge in [0.1, 0.15) is 12.6 Å². The molecule has 0 fully saturated rings. The third-order valence-corrected chi connectivity index (χ3v) is 10.3. The van der Waals surface area contributed by atoms with Gasteiger partial charge in [-0.1, -0.05) is 96.4 Å². The van der Waals surface area contributed by atoms with E-state index >= 15 is 0 Å². The van der Waals surface area contributed by atoms with Crippen LogP contribution in [-0.4, -0.2) is 44.3 Å². The number of anilines is 1. The first-order chi connectivity index (χ1) is 21.9. The van der Waals surface area contributed by atoms with Crippen molar-refractivity contribution >= 4 is 50.7 Å². The fourth-order valence-corrected chi connectivity index (χ4v) is 7.05. The van der Waals surface area contributed by atoms with Gasteiger partial charge in [0.15, 0.2) is 0 Å². The molecule has 0 spiro atoms. The van der Waals surface area contributed by atoms with Crippen molar-refractivity contribution in [3.63, 3.8) is 0 Å². The average molecular weight is 681 g/mol. The summed E-state index contributed by atoms with van der Waals surface area (Å²) in [5.41, 5.74) is 4.30. The molecule has 0 bridgehead atoms. The van der Waals surface area contributed by atoms with Crippen molar-refractivity contribution in [1.82, 2.24) is 10.2 Å². The fraction of sp³-hybridized carbons (Fsp3) is 0.278. The van der Waals surface area contributed by atoms with Crippen molar-refractivity contribution in [1.29, 1.82) is 0 Å². The van der Waals surface area contributed by atoms with Crippen LogP contribution in [0.2, 0.25) is 10.0 Å². The van der Waals surface area contributed by atoms with Crippen molar-refractivity contribution in [3.05, 3.63) is 129 Å². The molecule has 0 saturated heterocycles. The number of aryl methyl sites for hydroxylation is 2. The second kappa shape index (κ2) is 15.6. The van der Waals surface area contributed by atoms with E-state index in [1.807, 2.05) is 64.1 Å². The molecular weight excluding hydrogens is 641 g/mol. The topological polar surface area (TPSA) is 86.8 Å². The minimum absolute atomic E-state index is 0.0445. The normalized spacial score (nSPS) is 12.0. The highest BCUT2D eigenvalue weighted by molar-refractivity contribution is 7.92. The molecule has 0 saturated carbocycles. The molecule has 10 heteroatoms. The van der Waals surface area contributed by atoms with E-state index in [0.29, 0.717) is 34.3 Å². The van der Waals surface area contributed by atoms with E-state index in [2.05, 4.69) is 5.32 Å². The van der Waals surface area contributed by atoms with Crippen LogP contribution in [0.25, 0.3) is 0 Å². The minimum atomic E-state index is -4.20. The summed E-state index contributed by atoms with van der Waals surface area (Å²) in [6.45, 7) is 7.37. The van der Waals surface area contributed by atoms with Crippen molar-refractivity contribution < 1.29 is 18.0 Å². The van der Waals surface area contributed by atoms with Crippen LogP contribution in [0.5, 0.6) is 0 Å². The number of halogens is 2. The fourth-order valence-electron chi connectivity index (χ4n) is 5.11. The quantitative estimate of drug-likeness (QED) is 0.161. The number of hydrogen-bond donors (Lipinski definition) is 1. The summed E-state index contributed by atoms with van der Waals surface area (Å²) in [4.78, 5) is 29.9. The van der Waals surface area contributed by atoms with E-state index in [4.69, 9.17) is 23.2 Å². The van der Waals surface area contributed by atoms with Gasteiger partial charge in [-0.05, 0) is 79.8 Å². The Kier molecular flexibility index (Phi) is 11.9. The van der Waals surface area contributed by atoms with Gasteiger partial charge in [0, 0.05) is 29.6 Å². The van der Waals surface area contributed by atoms with Crippen LogP contribution >= 0.6 is 23.2 Å². The Labute approximate surface area is 282 Å². The van der Waals surface area contributed by atoms with Gasteiger partial charge in [0.25, 0.3) is 10.0 Å². The summed E-state index contributed by atoms with van der Waals surface area (Å²) in [5, 5.41) is 3.70. The van der Waals surface area contributed by atoms with Crippen LogP contribution in [0.3, 0.4) is 0 Å². The first-order valence-electron chi connectivity index (χ1n) is 15.1. The molecule has 0 heterocycles. The highest BCUT2D eigenvalue weighted by Gasteiger charge is 2.35. The maximum Gasteiger partial charge on any atom is 0.264 e. The number of rotatable bonds is 13. The first kappa shape index (κ1) is 35.0. The Morgan fingerprint density at radius 1 is 0.870 bits per heavy atom. The van der Waals surface area contributed by atoms with Crippen molar-refractivity contribution in [2.45, 2.75) is 58.0 Å². The molecule has 1 N–H and O–H groups in total. The van der Waals surface area contributed by atoms with Crippen molar-refractivity contribution in [2.24, 2.45) is 0 Å². The van der Waals surface area contributed by atoms with Gasteiger partial charge >= 0.3 is 0 Å². The van der Waals surface area contributed by atoms with E-state index in [0.717, 1.165) is 26.6 Å². The molecular formula is C36H39Cl2N3O4S. The van der Waals surface area contributed by atoms with Gasteiger partial charge in [-0.15, -0.1) is 0 Å². The lowest BCUT2D eigenvalue weighted by atomic mass is 10.0. The Hall–Kier alpha value is -3.85. The standard InChI is InChI=1S/C36H39Cl2N3O4S/c1-5-20-39-36(43)34(21-28-11-7-6-8-12-28)40(23-29-16-17-30(37)22-32(29)38)35(42)24-41(33-13-9-10-26(3)27(33)4)46(44,45)31-18-14-25(2)15-19-31/h6-19,22,34H,5,20-21,23-24H2,1-4H3,(H,39,43). The van der Waals surface area contributed by atoms with E-state index in [9.17, 15) is 18.0 Å². The number of sulfonamides is 1. The third kappa shape index (κ3) is 8.49. The first-order valence-corrected chi connectivity index (χ1v) is 17.3. The van der Waals surface area contributed by atoms with E-state index in [1.165, 1.54) is 17.0 Å². The van der Waals surface area contributed by atoms with Gasteiger partial charge in [0.05, 0.1) is 10.6 Å². The zero-order valence-corrected chi connectivity index (χ0v) is 28.8. The molecule has 0 radical (unpaired) electrons. The Bertz CT molecular complexity index is 1780. The number of carbonyl (C=O) groups excluding carboxylic acids is 2. The third-order valence-electron chi connectivity index (χ3n) is 7.91. The summed E-state index contributed by atoms with van der Waals surface area (Å²) in [5.74, 6) is -0.904. The van der Waals surface area contributed by atoms with Crippen LogP contribution in [0.15, 0.2) is 95.9 Å². The zero-order valence-electron chi connectivity index (χ0n) is 26.5. The monoisotopic (exact) mass is 679 g/mol. The molecule has 0 aliphatic rings. The molecule has 4 aromatic carbocycles. The molecule has 1 unspecified atom stereocenters. The molecule has 242 valence electrons. The SMILES string of the molecule is CCCNC(=O)C(Cc1ccccc1)N(Cc1ccc(Cl)cc1Cl)C(=O)CN(c1cccc(C)c1C)S(=O)(=O)c1ccc(C)cc1. The van der Waals surface area contributed by atoms with E-state index < -0.39 is 28.5 Å². The maximum absolute atomic E-state index is 14.6. The molecule has 0 aliphatic heterocycles. The van der Waals surface area contributed by atoms with Gasteiger partial charge in [-0.2, -0.15) is 0 Å². The van der Waals surface area contributed by atoms with Crippen LogP contribution in [0, 0.1) is 20.8 Å². The molecule has 4 aromatic rings. The number of nitrogens with zero attached hydrogens (tertiary/aromatic N) is 2. The van der Waals surface area contributed by atoms with Crippen LogP contribution in [0.1, 0.15) is 41.2 Å². The highest BCUT2D eigenvalue weighted by atomic mass is 35.5. The summed E-state index contributed by atoms with van der Waals surface area (Å²) < 4.78 is 29.7. The molecule has 1 atom stereocenters. The largest absolute Gasteiger partial charge is 0.354 e. The predicted molar refractivity (Wildman–Crippen MR) is 186 cm³/mol. The van der Waals surface area contributed by atoms with Gasteiger partial charge in [0.2, 0.25) is 11.8 Å². The average Bonchev–Trinajstić information content (AvgIpc) is 3.03. The Morgan fingerprint density at radius 2 is 1.57 bits per heavy atom. The smallest absolute Gasteiger partial charge is 0.264 e. The molecule has 4 rings (SSSR count). The van der Waals surface area contributed by atoms with Gasteiger partial charge < -0.3 is 10.2 Å². The summed E-state index contributed by atoms with van der Waals surface area (Å²) in [7, 11) is -4.20. The summed E-state index contributed by atoms with van der Waals surface area (Å²) >= 11 is 12.8. The van der Waals surface area contributed by atoms with Crippen molar-refractivity contribution in [3.8, 4) is 0 Å². The lowest BCUT2D eigenvalue weighted by Crippen LogP contribution is -2.53. The van der Waals surface area contributed by atoms with Gasteiger partial charge in [-0.3, -0.25) is 13.9 Å². The maximum atomic E-state index is 14.6. The highest BCUT2D eigenvalue weighted by Crippen LogP contribution is 2.30. The van der Waals surface area contributed by atoms with Gasteiger partial charge in [-0.25, -0.2) is 8.42 Å². The Morgan fingerprint density at radius 3 is 2.22 bits per heavy atom. The number of nitrogens with one attached hydrogen (secondary N) is 1. The number of benzene rings is 4. The summed E-state index contributed by atoms with van der Waals surface area (Å²) in [6.07, 6.45) is 0.914. The van der Waals surface area contributed by atoms with Crippen LogP contribution < -0.4 is 9.62 Å². The second-order valence-electron chi connectivity index (χ2n) is 11.3. The van der Waals surface area contributed by atoms with Crippen LogP contribution in [0.4, 0.5) is 5.69 Å². The van der Waals surface area contributed by atoms with E-state index in [1.54, 1.807) is 42.5 Å². The molecule has 0 aliphatic carbocycles. The number of carbonyl (C=O) groups is 2. The summed E-state index contributed by atoms with van der Waals surface area (Å²) in [6, 6.07) is 25.3. The number of hydrogen-bond acceptors (Lipinski definition) is 4. The minimum Gasteiger partial charge on any atom is -0.354 e. The molecule has 46 heavy (non-hydrogen) atoms. The molecule has 7 nitrogen and oxygen atoms in total. The zero-order chi connectivity index (χ0) is 33.4. The lowest BCUT2D eigenvalue weighted by molar-refractivity contribution is -0.140. The molecule has 2 amide bonds. The van der Waals surface area contributed by atoms with E-state index in [-0.39, 0.29) is 23.8 Å². The predicted octanol–water partition coefficient (Wildman–Crippen LogP) is 7.28. The Balaban J connectivity index is 1.85.